The van der Waals surface area contributed by atoms with Crippen molar-refractivity contribution in [2.75, 3.05) is 39.6 Å². The zero-order valence-corrected chi connectivity index (χ0v) is 66.9. The number of esters is 4. The molecule has 588 valence electrons. The van der Waals surface area contributed by atoms with Gasteiger partial charge in [0.05, 0.1) is 26.4 Å². The first kappa shape index (κ1) is 97.1. The van der Waals surface area contributed by atoms with Crippen LogP contribution in [0, 0.1) is 23.7 Å². The van der Waals surface area contributed by atoms with Crippen molar-refractivity contribution in [2.24, 2.45) is 23.7 Å². The van der Waals surface area contributed by atoms with Crippen LogP contribution in [0.25, 0.3) is 0 Å². The van der Waals surface area contributed by atoms with Crippen molar-refractivity contribution in [2.45, 2.75) is 427 Å². The van der Waals surface area contributed by atoms with Crippen molar-refractivity contribution in [1.82, 2.24) is 0 Å². The maximum absolute atomic E-state index is 13.1. The van der Waals surface area contributed by atoms with Gasteiger partial charge < -0.3 is 33.8 Å². The first-order chi connectivity index (χ1) is 47.6. The fraction of sp³-hybridized carbons (Fsp3) is 0.950. The number of aliphatic hydroxyl groups excluding tert-OH is 1. The normalized spacial score (nSPS) is 14.3. The number of unbranched alkanes of at least 4 members (excludes halogenated alkanes) is 42. The van der Waals surface area contributed by atoms with Gasteiger partial charge in [-0.2, -0.15) is 0 Å². The number of phosphoric ester groups is 2. The van der Waals surface area contributed by atoms with Crippen molar-refractivity contribution in [3.8, 4) is 0 Å². The smallest absolute Gasteiger partial charge is 0.462 e. The Labute approximate surface area is 607 Å². The fourth-order valence-corrected chi connectivity index (χ4v) is 13.8. The monoisotopic (exact) mass is 1450 g/mol. The SMILES string of the molecule is CCC(C)CCCCCCCCCCCCCCCCC(=O)O[C@H](COC(=O)CCCCCCCCCCCCCCCCC(C)C)COP(=O)(O)OCC(O)COP(=O)(O)OC[C@@H](COC(=O)CCCCCCCCCCC(C)C)OC(=O)CCCCCCCCCCCCC(C)C. The van der Waals surface area contributed by atoms with Crippen LogP contribution >= 0.6 is 15.6 Å². The highest BCUT2D eigenvalue weighted by molar-refractivity contribution is 7.47. The van der Waals surface area contributed by atoms with Gasteiger partial charge in [-0.3, -0.25) is 37.3 Å². The number of hydrogen-bond donors (Lipinski definition) is 3. The fourth-order valence-electron chi connectivity index (χ4n) is 12.2. The van der Waals surface area contributed by atoms with E-state index in [2.05, 4.69) is 55.4 Å². The molecular formula is C80H156O17P2. The highest BCUT2D eigenvalue weighted by Gasteiger charge is 2.30. The van der Waals surface area contributed by atoms with E-state index in [1.807, 2.05) is 0 Å². The van der Waals surface area contributed by atoms with Gasteiger partial charge in [-0.1, -0.05) is 357 Å². The van der Waals surface area contributed by atoms with Crippen LogP contribution < -0.4 is 0 Å². The Kier molecular flexibility index (Phi) is 67.8. The maximum atomic E-state index is 13.1. The average Bonchev–Trinajstić information content (AvgIpc) is 1.03. The van der Waals surface area contributed by atoms with E-state index in [9.17, 15) is 43.2 Å². The van der Waals surface area contributed by atoms with E-state index < -0.39 is 97.5 Å². The molecule has 3 N–H and O–H groups in total. The highest BCUT2D eigenvalue weighted by Crippen LogP contribution is 2.45. The third kappa shape index (κ3) is 72.8. The Morgan fingerprint density at radius 2 is 0.485 bits per heavy atom. The molecule has 0 saturated carbocycles. The molecule has 0 saturated heterocycles. The summed E-state index contributed by atoms with van der Waals surface area (Å²) in [5.74, 6) is 1.01. The van der Waals surface area contributed by atoms with E-state index in [4.69, 9.17) is 37.0 Å². The number of aliphatic hydroxyl groups is 1. The lowest BCUT2D eigenvalue weighted by atomic mass is 9.99. The Morgan fingerprint density at radius 1 is 0.283 bits per heavy atom. The zero-order chi connectivity index (χ0) is 73.1. The van der Waals surface area contributed by atoms with Crippen LogP contribution in [0.2, 0.25) is 0 Å². The number of hydrogen-bond acceptors (Lipinski definition) is 15. The van der Waals surface area contributed by atoms with Crippen LogP contribution in [0.5, 0.6) is 0 Å². The molecule has 0 amide bonds. The summed E-state index contributed by atoms with van der Waals surface area (Å²) < 4.78 is 68.7. The van der Waals surface area contributed by atoms with Gasteiger partial charge in [0.15, 0.2) is 12.2 Å². The average molecular weight is 1450 g/mol. The summed E-state index contributed by atoms with van der Waals surface area (Å²) in [6, 6.07) is 0. The molecule has 19 heteroatoms. The number of rotatable bonds is 77. The highest BCUT2D eigenvalue weighted by atomic mass is 31.2. The topological polar surface area (TPSA) is 237 Å². The van der Waals surface area contributed by atoms with E-state index in [0.717, 1.165) is 114 Å². The number of carbonyl (C=O) groups is 4. The van der Waals surface area contributed by atoms with E-state index in [1.54, 1.807) is 0 Å². The van der Waals surface area contributed by atoms with Crippen molar-refractivity contribution in [3.05, 3.63) is 0 Å². The second-order valence-corrected chi connectivity index (χ2v) is 33.4. The van der Waals surface area contributed by atoms with Gasteiger partial charge in [0.1, 0.15) is 19.3 Å². The first-order valence-corrected chi connectivity index (χ1v) is 44.2. The van der Waals surface area contributed by atoms with Crippen LogP contribution in [-0.2, 0) is 65.4 Å². The molecule has 4 unspecified atom stereocenters. The van der Waals surface area contributed by atoms with Gasteiger partial charge in [0.25, 0.3) is 0 Å². The first-order valence-electron chi connectivity index (χ1n) is 41.2. The lowest BCUT2D eigenvalue weighted by Crippen LogP contribution is -2.30. The minimum atomic E-state index is -4.96. The molecule has 0 aliphatic carbocycles. The lowest BCUT2D eigenvalue weighted by Gasteiger charge is -2.21. The van der Waals surface area contributed by atoms with Crippen LogP contribution in [0.4, 0.5) is 0 Å². The lowest BCUT2D eigenvalue weighted by molar-refractivity contribution is -0.161. The van der Waals surface area contributed by atoms with E-state index >= 15 is 0 Å². The molecule has 0 fully saturated rings. The predicted octanol–water partition coefficient (Wildman–Crippen LogP) is 23.6. The van der Waals surface area contributed by atoms with Gasteiger partial charge in [-0.05, 0) is 49.4 Å². The summed E-state index contributed by atoms with van der Waals surface area (Å²) in [4.78, 5) is 73.0. The molecular weight excluding hydrogens is 1290 g/mol. The zero-order valence-electron chi connectivity index (χ0n) is 65.1. The Morgan fingerprint density at radius 3 is 0.717 bits per heavy atom. The Hall–Kier alpha value is -1.94. The molecule has 99 heavy (non-hydrogen) atoms. The van der Waals surface area contributed by atoms with Crippen LogP contribution in [-0.4, -0.2) is 96.7 Å². The third-order valence-corrected chi connectivity index (χ3v) is 20.8. The molecule has 0 heterocycles. The van der Waals surface area contributed by atoms with Crippen molar-refractivity contribution >= 4 is 39.5 Å². The predicted molar refractivity (Wildman–Crippen MR) is 404 cm³/mol. The number of carbonyl (C=O) groups excluding carboxylic acids is 4. The molecule has 0 aromatic heterocycles. The number of ether oxygens (including phenoxy) is 4. The summed E-state index contributed by atoms with van der Waals surface area (Å²) in [7, 11) is -9.92. The molecule has 6 atom stereocenters. The summed E-state index contributed by atoms with van der Waals surface area (Å²) in [6.45, 7) is 14.3. The van der Waals surface area contributed by atoms with E-state index in [-0.39, 0.29) is 25.7 Å². The molecule has 0 aliphatic rings. The van der Waals surface area contributed by atoms with E-state index in [1.165, 1.54) is 212 Å². The molecule has 0 radical (unpaired) electrons. The minimum Gasteiger partial charge on any atom is -0.462 e. The third-order valence-electron chi connectivity index (χ3n) is 18.9. The number of phosphoric acid groups is 2. The van der Waals surface area contributed by atoms with Crippen LogP contribution in [0.15, 0.2) is 0 Å². The largest absolute Gasteiger partial charge is 0.472 e. The Bertz CT molecular complexity index is 1940. The second-order valence-electron chi connectivity index (χ2n) is 30.5. The van der Waals surface area contributed by atoms with E-state index in [0.29, 0.717) is 25.7 Å². The van der Waals surface area contributed by atoms with Crippen LogP contribution in [0.1, 0.15) is 409 Å². The standard InChI is InChI=1S/C80H156O17P2/c1-9-73(8)59-51-43-35-26-19-15-11-13-17-21-28-38-46-54-62-79(84)96-75(66-90-77(82)60-52-44-36-27-20-16-12-10-14-18-24-32-40-48-56-70(2)3)68-94-98(86,87)92-64-74(81)65-93-99(88,89)95-69-76(67-91-78(83)61-53-45-37-31-30-34-42-50-58-72(6)7)97-80(85)63-55-47-39-29-23-22-25-33-41-49-57-71(4)5/h70-76,81H,9-69H2,1-8H3,(H,86,87)(H,88,89)/t73?,74?,75-,76-/m1/s1. The molecule has 0 aromatic rings. The quantitative estimate of drug-likeness (QED) is 0.0222. The van der Waals surface area contributed by atoms with Gasteiger partial charge >= 0.3 is 39.5 Å². The molecule has 0 bridgehead atoms. The summed E-state index contributed by atoms with van der Waals surface area (Å²) >= 11 is 0. The van der Waals surface area contributed by atoms with Gasteiger partial charge in [-0.15, -0.1) is 0 Å². The molecule has 0 aromatic carbocycles. The van der Waals surface area contributed by atoms with Crippen molar-refractivity contribution in [1.29, 1.82) is 0 Å². The molecule has 0 rings (SSSR count). The van der Waals surface area contributed by atoms with Gasteiger partial charge in [0, 0.05) is 25.7 Å². The summed E-state index contributed by atoms with van der Waals surface area (Å²) in [6.07, 6.45) is 55.4. The Balaban J connectivity index is 5.26. The molecule has 17 nitrogen and oxygen atoms in total. The van der Waals surface area contributed by atoms with Crippen LogP contribution in [0.3, 0.4) is 0 Å². The van der Waals surface area contributed by atoms with Gasteiger partial charge in [0.2, 0.25) is 0 Å². The summed E-state index contributed by atoms with van der Waals surface area (Å²) in [5.41, 5.74) is 0. The van der Waals surface area contributed by atoms with Gasteiger partial charge in [-0.25, -0.2) is 9.13 Å². The molecule has 0 spiro atoms. The maximum Gasteiger partial charge on any atom is 0.472 e. The van der Waals surface area contributed by atoms with Crippen molar-refractivity contribution < 1.29 is 80.2 Å². The van der Waals surface area contributed by atoms with Crippen molar-refractivity contribution in [3.63, 3.8) is 0 Å². The minimum absolute atomic E-state index is 0.105. The molecule has 0 aliphatic heterocycles. The summed E-state index contributed by atoms with van der Waals surface area (Å²) in [5, 5.41) is 10.6. The second kappa shape index (κ2) is 69.1.